The zero-order valence-corrected chi connectivity index (χ0v) is 16.1. The van der Waals surface area contributed by atoms with Crippen LogP contribution in [-0.2, 0) is 6.42 Å². The highest BCUT2D eigenvalue weighted by Gasteiger charge is 2.19. The molecule has 1 aliphatic heterocycles. The summed E-state index contributed by atoms with van der Waals surface area (Å²) < 4.78 is 21.0. The van der Waals surface area contributed by atoms with Crippen LogP contribution >= 0.6 is 0 Å². The fourth-order valence-electron chi connectivity index (χ4n) is 3.35. The van der Waals surface area contributed by atoms with E-state index in [0.29, 0.717) is 35.9 Å². The third-order valence-electron chi connectivity index (χ3n) is 4.91. The molecular formula is C21H18N4O5. The first-order valence-electron chi connectivity index (χ1n) is 9.37. The van der Waals surface area contributed by atoms with Crippen molar-refractivity contribution in [3.05, 3.63) is 54.0 Å². The standard InChI is InChI=1S/C21H18N4O5/c1-27-14-3-4-16-15(9-14)13(10-23-16)6-7-22-20(26)21-24-19(25-30-21)12-2-5-17-18(8-12)29-11-28-17/h2-5,8-10,23H,6-7,11H2,1H3,(H,22,26). The van der Waals surface area contributed by atoms with Crippen LogP contribution in [0.1, 0.15) is 16.2 Å². The molecule has 0 spiro atoms. The lowest BCUT2D eigenvalue weighted by molar-refractivity contribution is 0.0910. The fourth-order valence-corrected chi connectivity index (χ4v) is 3.35. The summed E-state index contributed by atoms with van der Waals surface area (Å²) in [5.41, 5.74) is 2.77. The average Bonchev–Trinajstić information content (AvgIpc) is 3.52. The number of hydrogen-bond donors (Lipinski definition) is 2. The van der Waals surface area contributed by atoms with Gasteiger partial charge in [-0.1, -0.05) is 5.16 Å². The number of benzene rings is 2. The van der Waals surface area contributed by atoms with Crippen LogP contribution in [0.15, 0.2) is 47.1 Å². The quantitative estimate of drug-likeness (QED) is 0.506. The lowest BCUT2D eigenvalue weighted by atomic mass is 10.1. The molecule has 0 saturated heterocycles. The summed E-state index contributed by atoms with van der Waals surface area (Å²) in [4.78, 5) is 19.8. The van der Waals surface area contributed by atoms with Crippen molar-refractivity contribution in [1.29, 1.82) is 0 Å². The van der Waals surface area contributed by atoms with Crippen LogP contribution in [0.5, 0.6) is 17.2 Å². The van der Waals surface area contributed by atoms with Gasteiger partial charge in [-0.15, -0.1) is 0 Å². The maximum absolute atomic E-state index is 12.4. The minimum absolute atomic E-state index is 0.0942. The Morgan fingerprint density at radius 1 is 1.20 bits per heavy atom. The third-order valence-corrected chi connectivity index (χ3v) is 4.91. The number of aromatic amines is 1. The van der Waals surface area contributed by atoms with Crippen molar-refractivity contribution in [2.24, 2.45) is 0 Å². The lowest BCUT2D eigenvalue weighted by Gasteiger charge is -2.03. The maximum atomic E-state index is 12.4. The first-order chi connectivity index (χ1) is 14.7. The summed E-state index contributed by atoms with van der Waals surface area (Å²) in [6, 6.07) is 11.1. The second-order valence-corrected chi connectivity index (χ2v) is 6.72. The molecule has 0 radical (unpaired) electrons. The Bertz CT molecular complexity index is 1230. The van der Waals surface area contributed by atoms with E-state index in [1.807, 2.05) is 24.4 Å². The first-order valence-corrected chi connectivity index (χ1v) is 9.37. The van der Waals surface area contributed by atoms with Gasteiger partial charge < -0.3 is 29.0 Å². The number of carbonyl (C=O) groups excluding carboxylic acids is 1. The van der Waals surface area contributed by atoms with E-state index in [4.69, 9.17) is 18.7 Å². The van der Waals surface area contributed by atoms with Crippen molar-refractivity contribution < 1.29 is 23.5 Å². The average molecular weight is 406 g/mol. The topological polar surface area (TPSA) is 112 Å². The molecule has 3 heterocycles. The fraction of sp³-hybridized carbons (Fsp3) is 0.190. The van der Waals surface area contributed by atoms with Crippen molar-refractivity contribution in [1.82, 2.24) is 20.4 Å². The number of aromatic nitrogens is 3. The Balaban J connectivity index is 1.23. The van der Waals surface area contributed by atoms with E-state index >= 15 is 0 Å². The number of H-pyrrole nitrogens is 1. The summed E-state index contributed by atoms with van der Waals surface area (Å²) in [7, 11) is 1.63. The van der Waals surface area contributed by atoms with Gasteiger partial charge in [-0.25, -0.2) is 0 Å². The van der Waals surface area contributed by atoms with E-state index < -0.39 is 5.91 Å². The molecule has 4 aromatic rings. The van der Waals surface area contributed by atoms with Gasteiger partial charge in [0.25, 0.3) is 0 Å². The molecule has 2 aromatic heterocycles. The molecule has 0 atom stereocenters. The molecule has 5 rings (SSSR count). The third kappa shape index (κ3) is 3.30. The van der Waals surface area contributed by atoms with Gasteiger partial charge >= 0.3 is 11.8 Å². The Morgan fingerprint density at radius 2 is 2.10 bits per heavy atom. The summed E-state index contributed by atoms with van der Waals surface area (Å²) >= 11 is 0. The van der Waals surface area contributed by atoms with Crippen molar-refractivity contribution >= 4 is 16.8 Å². The number of rotatable bonds is 6. The minimum atomic E-state index is -0.424. The predicted molar refractivity (Wildman–Crippen MR) is 107 cm³/mol. The molecule has 0 unspecified atom stereocenters. The molecule has 0 aliphatic carbocycles. The Labute approximate surface area is 170 Å². The predicted octanol–water partition coefficient (Wildman–Crippen LogP) is 2.93. The van der Waals surface area contributed by atoms with Crippen LogP contribution < -0.4 is 19.5 Å². The number of nitrogens with zero attached hydrogens (tertiary/aromatic N) is 2. The van der Waals surface area contributed by atoms with Crippen LogP contribution in [-0.4, -0.2) is 41.5 Å². The SMILES string of the molecule is COc1ccc2[nH]cc(CCNC(=O)c3nc(-c4ccc5c(c4)OCO5)no3)c2c1. The number of methoxy groups -OCH3 is 1. The minimum Gasteiger partial charge on any atom is -0.497 e. The van der Waals surface area contributed by atoms with Gasteiger partial charge in [-0.3, -0.25) is 4.79 Å². The lowest BCUT2D eigenvalue weighted by Crippen LogP contribution is -2.25. The van der Waals surface area contributed by atoms with Crippen molar-refractivity contribution in [3.8, 4) is 28.6 Å². The van der Waals surface area contributed by atoms with E-state index in [1.165, 1.54) is 0 Å². The second kappa shape index (κ2) is 7.43. The molecule has 1 aliphatic rings. The molecule has 9 nitrogen and oxygen atoms in total. The molecule has 0 fully saturated rings. The number of amides is 1. The van der Waals surface area contributed by atoms with Gasteiger partial charge in [-0.2, -0.15) is 4.98 Å². The number of ether oxygens (including phenoxy) is 3. The van der Waals surface area contributed by atoms with Crippen molar-refractivity contribution in [2.45, 2.75) is 6.42 Å². The van der Waals surface area contributed by atoms with Gasteiger partial charge in [0.1, 0.15) is 5.75 Å². The second-order valence-electron chi connectivity index (χ2n) is 6.72. The molecule has 1 amide bonds. The molecule has 9 heteroatoms. The summed E-state index contributed by atoms with van der Waals surface area (Å²) in [6.45, 7) is 0.604. The highest BCUT2D eigenvalue weighted by Crippen LogP contribution is 2.35. The van der Waals surface area contributed by atoms with E-state index in [0.717, 1.165) is 22.2 Å². The molecular weight excluding hydrogens is 388 g/mol. The van der Waals surface area contributed by atoms with Gasteiger partial charge in [0.15, 0.2) is 11.5 Å². The number of nitrogens with one attached hydrogen (secondary N) is 2. The zero-order chi connectivity index (χ0) is 20.5. The van der Waals surface area contributed by atoms with E-state index in [2.05, 4.69) is 20.4 Å². The Kier molecular flexibility index (Phi) is 4.47. The molecule has 2 N–H and O–H groups in total. The maximum Gasteiger partial charge on any atom is 0.316 e. The first kappa shape index (κ1) is 18.0. The van der Waals surface area contributed by atoms with E-state index in [1.54, 1.807) is 25.3 Å². The normalized spacial score (nSPS) is 12.3. The molecule has 0 saturated carbocycles. The molecule has 0 bridgehead atoms. The summed E-state index contributed by atoms with van der Waals surface area (Å²) in [5, 5.41) is 7.76. The monoisotopic (exact) mass is 406 g/mol. The van der Waals surface area contributed by atoms with Gasteiger partial charge in [-0.05, 0) is 48.4 Å². The van der Waals surface area contributed by atoms with Crippen LogP contribution in [0.4, 0.5) is 0 Å². The number of fused-ring (bicyclic) bond motifs is 2. The largest absolute Gasteiger partial charge is 0.497 e. The zero-order valence-electron chi connectivity index (χ0n) is 16.1. The van der Waals surface area contributed by atoms with Gasteiger partial charge in [0.05, 0.1) is 7.11 Å². The Morgan fingerprint density at radius 3 is 3.00 bits per heavy atom. The smallest absolute Gasteiger partial charge is 0.316 e. The van der Waals surface area contributed by atoms with Crippen molar-refractivity contribution in [3.63, 3.8) is 0 Å². The van der Waals surface area contributed by atoms with Gasteiger partial charge in [0.2, 0.25) is 12.6 Å². The van der Waals surface area contributed by atoms with Crippen LogP contribution in [0.3, 0.4) is 0 Å². The van der Waals surface area contributed by atoms with Crippen LogP contribution in [0.25, 0.3) is 22.3 Å². The molecule has 2 aromatic carbocycles. The van der Waals surface area contributed by atoms with E-state index in [9.17, 15) is 4.79 Å². The van der Waals surface area contributed by atoms with Crippen molar-refractivity contribution in [2.75, 3.05) is 20.4 Å². The van der Waals surface area contributed by atoms with Crippen LogP contribution in [0, 0.1) is 0 Å². The highest BCUT2D eigenvalue weighted by atomic mass is 16.7. The number of hydrogen-bond acceptors (Lipinski definition) is 7. The Hall–Kier alpha value is -4.01. The van der Waals surface area contributed by atoms with Gasteiger partial charge in [0, 0.05) is 29.2 Å². The summed E-state index contributed by atoms with van der Waals surface area (Å²) in [6.07, 6.45) is 2.57. The van der Waals surface area contributed by atoms with E-state index in [-0.39, 0.29) is 12.7 Å². The van der Waals surface area contributed by atoms with Crippen LogP contribution in [0.2, 0.25) is 0 Å². The summed E-state index contributed by atoms with van der Waals surface area (Å²) in [5.74, 6) is 1.85. The molecule has 30 heavy (non-hydrogen) atoms. The molecule has 152 valence electrons. The highest BCUT2D eigenvalue weighted by molar-refractivity contribution is 5.90. The number of carbonyl (C=O) groups is 1.